The summed E-state index contributed by atoms with van der Waals surface area (Å²) < 4.78 is 20.9. The van der Waals surface area contributed by atoms with Crippen molar-refractivity contribution in [3.63, 3.8) is 0 Å². The molecule has 1 saturated heterocycles. The lowest BCUT2D eigenvalue weighted by molar-refractivity contribution is 0.162. The zero-order valence-corrected chi connectivity index (χ0v) is 18.9. The number of aromatic amines is 1. The van der Waals surface area contributed by atoms with Crippen LogP contribution in [0.4, 0.5) is 15.9 Å². The van der Waals surface area contributed by atoms with E-state index in [1.807, 2.05) is 40.1 Å². The van der Waals surface area contributed by atoms with Gasteiger partial charge in [-0.1, -0.05) is 22.0 Å². The van der Waals surface area contributed by atoms with Gasteiger partial charge in [0.05, 0.1) is 36.6 Å². The highest BCUT2D eigenvalue weighted by Gasteiger charge is 2.28. The van der Waals surface area contributed by atoms with Crippen LogP contribution in [0.3, 0.4) is 0 Å². The van der Waals surface area contributed by atoms with Crippen molar-refractivity contribution in [2.75, 3.05) is 36.5 Å². The highest BCUT2D eigenvalue weighted by atomic mass is 79.9. The van der Waals surface area contributed by atoms with E-state index in [0.29, 0.717) is 42.5 Å². The van der Waals surface area contributed by atoms with Crippen LogP contribution >= 0.6 is 15.9 Å². The molecular formula is C23H21BrFN5O2. The first kappa shape index (κ1) is 20.7. The van der Waals surface area contributed by atoms with Crippen LogP contribution in [-0.2, 0) is 0 Å². The minimum Gasteiger partial charge on any atom is -0.496 e. The quantitative estimate of drug-likeness (QED) is 0.440. The van der Waals surface area contributed by atoms with Gasteiger partial charge in [0, 0.05) is 28.6 Å². The van der Waals surface area contributed by atoms with Gasteiger partial charge in [-0.2, -0.15) is 5.10 Å². The van der Waals surface area contributed by atoms with E-state index in [4.69, 9.17) is 4.74 Å². The average molecular weight is 498 g/mol. The van der Waals surface area contributed by atoms with Crippen molar-refractivity contribution in [2.24, 2.45) is 0 Å². The maximum Gasteiger partial charge on any atom is 0.158 e. The topological polar surface area (TPSA) is 77.5 Å². The Hall–Kier alpha value is -3.17. The lowest BCUT2D eigenvalue weighted by Crippen LogP contribution is -2.53. The van der Waals surface area contributed by atoms with Crippen molar-refractivity contribution in [1.29, 1.82) is 0 Å². The predicted octanol–water partition coefficient (Wildman–Crippen LogP) is 4.18. The first-order chi connectivity index (χ1) is 15.5. The molecule has 32 heavy (non-hydrogen) atoms. The number of aliphatic hydroxyl groups is 1. The number of halogens is 2. The molecular weight excluding hydrogens is 477 g/mol. The number of fused-ring (bicyclic) bond motifs is 1. The van der Waals surface area contributed by atoms with Crippen LogP contribution in [0.2, 0.25) is 0 Å². The summed E-state index contributed by atoms with van der Waals surface area (Å²) in [7, 11) is 1.51. The highest BCUT2D eigenvalue weighted by molar-refractivity contribution is 9.10. The number of benzene rings is 2. The molecule has 7 nitrogen and oxygen atoms in total. The van der Waals surface area contributed by atoms with Crippen LogP contribution in [0, 0.1) is 5.82 Å². The summed E-state index contributed by atoms with van der Waals surface area (Å²) in [6.45, 7) is 1.70. The Morgan fingerprint density at radius 1 is 1.19 bits per heavy atom. The Morgan fingerprint density at radius 3 is 2.75 bits per heavy atom. The average Bonchev–Trinajstić information content (AvgIpc) is 3.23. The maximum atomic E-state index is 14.6. The first-order valence-electron chi connectivity index (χ1n) is 10.2. The third kappa shape index (κ3) is 3.67. The number of pyridine rings is 1. The molecule has 5 rings (SSSR count). The zero-order chi connectivity index (χ0) is 22.2. The molecule has 0 aliphatic carbocycles. The summed E-state index contributed by atoms with van der Waals surface area (Å²) in [5.74, 6) is 0.716. The van der Waals surface area contributed by atoms with Crippen LogP contribution in [0.5, 0.6) is 5.75 Å². The number of methoxy groups -OCH3 is 1. The largest absolute Gasteiger partial charge is 0.496 e. The first-order valence-corrected chi connectivity index (χ1v) is 11.0. The van der Waals surface area contributed by atoms with E-state index in [9.17, 15) is 9.50 Å². The summed E-state index contributed by atoms with van der Waals surface area (Å²) >= 11 is 3.44. The number of aromatic nitrogens is 3. The number of H-pyrrole nitrogens is 1. The molecule has 0 radical (unpaired) electrons. The lowest BCUT2D eigenvalue weighted by atomic mass is 10.1. The maximum absolute atomic E-state index is 14.6. The fraction of sp³-hybridized carbons (Fsp3) is 0.217. The van der Waals surface area contributed by atoms with Crippen LogP contribution in [0.25, 0.3) is 22.2 Å². The third-order valence-electron chi connectivity index (χ3n) is 5.69. The van der Waals surface area contributed by atoms with Gasteiger partial charge >= 0.3 is 0 Å². The molecule has 2 aromatic carbocycles. The Labute approximate surface area is 192 Å². The van der Waals surface area contributed by atoms with Gasteiger partial charge in [0.15, 0.2) is 5.82 Å². The van der Waals surface area contributed by atoms with Gasteiger partial charge in [-0.05, 0) is 42.5 Å². The molecule has 0 bridgehead atoms. The van der Waals surface area contributed by atoms with Crippen LogP contribution in [-0.4, -0.2) is 53.3 Å². The van der Waals surface area contributed by atoms with Gasteiger partial charge in [0.1, 0.15) is 17.8 Å². The molecule has 1 aliphatic rings. The van der Waals surface area contributed by atoms with E-state index in [-0.39, 0.29) is 0 Å². The van der Waals surface area contributed by atoms with Gasteiger partial charge in [-0.15, -0.1) is 0 Å². The third-order valence-corrected chi connectivity index (χ3v) is 6.22. The summed E-state index contributed by atoms with van der Waals surface area (Å²) in [6.07, 6.45) is 0.950. The van der Waals surface area contributed by atoms with Crippen molar-refractivity contribution >= 4 is 38.3 Å². The van der Waals surface area contributed by atoms with Crippen molar-refractivity contribution < 1.29 is 14.2 Å². The SMILES string of the molecule is COc1cccc(F)c1-c1cc2c(N3CCN(c4ccc(Br)cc4)C(O)C3)n[nH]c2cn1. The summed E-state index contributed by atoms with van der Waals surface area (Å²) in [5.41, 5.74) is 2.47. The van der Waals surface area contributed by atoms with Gasteiger partial charge in [0.25, 0.3) is 0 Å². The van der Waals surface area contributed by atoms with E-state index in [2.05, 4.69) is 31.1 Å². The molecule has 1 fully saturated rings. The lowest BCUT2D eigenvalue weighted by Gasteiger charge is -2.40. The number of nitrogens with one attached hydrogen (secondary N) is 1. The van der Waals surface area contributed by atoms with E-state index in [1.54, 1.807) is 18.3 Å². The number of aliphatic hydroxyl groups excluding tert-OH is 1. The summed E-state index contributed by atoms with van der Waals surface area (Å²) in [6, 6.07) is 14.4. The zero-order valence-electron chi connectivity index (χ0n) is 17.3. The fourth-order valence-corrected chi connectivity index (χ4v) is 4.36. The number of hydrogen-bond donors (Lipinski definition) is 2. The molecule has 9 heteroatoms. The van der Waals surface area contributed by atoms with Crippen molar-refractivity contribution in [1.82, 2.24) is 15.2 Å². The normalized spacial score (nSPS) is 16.6. The second-order valence-corrected chi connectivity index (χ2v) is 8.49. The number of anilines is 2. The van der Waals surface area contributed by atoms with Gasteiger partial charge in [-0.25, -0.2) is 4.39 Å². The number of nitrogens with zero attached hydrogens (tertiary/aromatic N) is 4. The highest BCUT2D eigenvalue weighted by Crippen LogP contribution is 2.35. The van der Waals surface area contributed by atoms with Gasteiger partial charge < -0.3 is 19.6 Å². The second-order valence-electron chi connectivity index (χ2n) is 7.58. The molecule has 4 aromatic rings. The Kier molecular flexibility index (Phi) is 5.44. The number of ether oxygens (including phenoxy) is 1. The fourth-order valence-electron chi connectivity index (χ4n) is 4.09. The number of β-amino-alcohol motifs (C(OH)–C–C–N with tert-alkyl or cyclic N) is 1. The van der Waals surface area contributed by atoms with E-state index >= 15 is 0 Å². The molecule has 164 valence electrons. The predicted molar refractivity (Wildman–Crippen MR) is 126 cm³/mol. The molecule has 3 heterocycles. The van der Waals surface area contributed by atoms with Crippen molar-refractivity contribution in [2.45, 2.75) is 6.23 Å². The standard InChI is InChI=1S/C23H21BrFN5O2/c1-32-20-4-2-3-17(25)22(20)18-11-16-19(12-26-18)27-28-23(16)29-9-10-30(21(31)13-29)15-7-5-14(24)6-8-15/h2-8,11-12,21,31H,9-10,13H2,1H3,(H,27,28). The molecule has 1 aliphatic heterocycles. The van der Waals surface area contributed by atoms with Crippen molar-refractivity contribution in [3.05, 3.63) is 65.0 Å². The molecule has 1 atom stereocenters. The van der Waals surface area contributed by atoms with E-state index < -0.39 is 12.0 Å². The number of rotatable bonds is 4. The monoisotopic (exact) mass is 497 g/mol. The van der Waals surface area contributed by atoms with Gasteiger partial charge in [-0.3, -0.25) is 10.1 Å². The Balaban J connectivity index is 1.46. The molecule has 1 unspecified atom stereocenters. The smallest absolute Gasteiger partial charge is 0.158 e. The van der Waals surface area contributed by atoms with E-state index in [0.717, 1.165) is 21.1 Å². The van der Waals surface area contributed by atoms with Crippen LogP contribution in [0.15, 0.2) is 59.2 Å². The van der Waals surface area contributed by atoms with Crippen molar-refractivity contribution in [3.8, 4) is 17.0 Å². The van der Waals surface area contributed by atoms with Gasteiger partial charge in [0.2, 0.25) is 0 Å². The summed E-state index contributed by atoms with van der Waals surface area (Å²) in [5, 5.41) is 19.1. The number of hydrogen-bond acceptors (Lipinski definition) is 6. The number of piperazine rings is 1. The minimum absolute atomic E-state index is 0.309. The van der Waals surface area contributed by atoms with Crippen LogP contribution in [0.1, 0.15) is 0 Å². The molecule has 0 spiro atoms. The molecule has 2 N–H and O–H groups in total. The molecule has 2 aromatic heterocycles. The Bertz CT molecular complexity index is 1260. The molecule has 0 saturated carbocycles. The second kappa shape index (κ2) is 8.40. The molecule has 0 amide bonds. The van der Waals surface area contributed by atoms with E-state index in [1.165, 1.54) is 13.2 Å². The van der Waals surface area contributed by atoms with Crippen LogP contribution < -0.4 is 14.5 Å². The Morgan fingerprint density at radius 2 is 2.00 bits per heavy atom. The summed E-state index contributed by atoms with van der Waals surface area (Å²) in [4.78, 5) is 8.40. The minimum atomic E-state index is -0.690.